The molecule has 1 N–H and O–H groups in total. The summed E-state index contributed by atoms with van der Waals surface area (Å²) in [5, 5.41) is 7.69. The van der Waals surface area contributed by atoms with Gasteiger partial charge in [0.05, 0.1) is 45.1 Å². The second kappa shape index (κ2) is 18.6. The Morgan fingerprint density at radius 2 is 1.92 bits per heavy atom. The normalized spacial score (nSPS) is 16.1. The number of nitrogens with one attached hydrogen (secondary N) is 1. The highest BCUT2D eigenvalue weighted by Crippen LogP contribution is 2.24. The first kappa shape index (κ1) is 31.5. The van der Waals surface area contributed by atoms with Gasteiger partial charge in [0.15, 0.2) is 0 Å². The summed E-state index contributed by atoms with van der Waals surface area (Å²) in [6.45, 7) is 13.0. The summed E-state index contributed by atoms with van der Waals surface area (Å²) in [6.07, 6.45) is 2.94. The Bertz CT molecular complexity index is 981. The Kier molecular flexibility index (Phi) is 15.4. The number of rotatable bonds is 20. The third-order valence-electron chi connectivity index (χ3n) is 5.10. The van der Waals surface area contributed by atoms with E-state index >= 15 is 0 Å². The molecule has 1 aromatic rings. The third kappa shape index (κ3) is 11.8. The van der Waals surface area contributed by atoms with Gasteiger partial charge in [-0.1, -0.05) is 31.2 Å². The lowest BCUT2D eigenvalue weighted by Crippen LogP contribution is -2.37. The van der Waals surface area contributed by atoms with Crippen molar-refractivity contribution < 1.29 is 33.0 Å². The van der Waals surface area contributed by atoms with Gasteiger partial charge in [-0.15, -0.1) is 11.8 Å². The Balaban J connectivity index is 1.81. The second-order valence-electron chi connectivity index (χ2n) is 8.16. The number of oxime groups is 1. The van der Waals surface area contributed by atoms with Gasteiger partial charge in [-0.25, -0.2) is 4.79 Å². The molecule has 2 heterocycles. The molecular weight excluding hydrogens is 514 g/mol. The molecule has 212 valence electrons. The summed E-state index contributed by atoms with van der Waals surface area (Å²) < 4.78 is 26.8. The first-order chi connectivity index (χ1) is 18.5. The molecular formula is C26H39N3O8S. The lowest BCUT2D eigenvalue weighted by Gasteiger charge is -2.19. The molecule has 1 aromatic heterocycles. The Morgan fingerprint density at radius 1 is 1.21 bits per heavy atom. The maximum atomic E-state index is 13.0. The molecule has 2 atom stereocenters. The number of ether oxygens (including phenoxy) is 4. The van der Waals surface area contributed by atoms with Crippen LogP contribution in [0.15, 0.2) is 44.1 Å². The van der Waals surface area contributed by atoms with Gasteiger partial charge in [0.25, 0.3) is 0 Å². The predicted molar refractivity (Wildman–Crippen MR) is 147 cm³/mol. The van der Waals surface area contributed by atoms with Crippen molar-refractivity contribution in [3.8, 4) is 5.75 Å². The first-order valence-corrected chi connectivity index (χ1v) is 13.8. The third-order valence-corrected chi connectivity index (χ3v) is 6.26. The smallest absolute Gasteiger partial charge is 0.339 e. The maximum Gasteiger partial charge on any atom is 0.339 e. The fraction of sp³-hybridized carbons (Fsp3) is 0.615. The molecule has 1 amide bonds. The van der Waals surface area contributed by atoms with Crippen LogP contribution >= 0.6 is 11.8 Å². The molecule has 1 unspecified atom stereocenters. The number of aliphatic imine (C=N–C) groups is 1. The Morgan fingerprint density at radius 3 is 2.61 bits per heavy atom. The van der Waals surface area contributed by atoms with E-state index in [9.17, 15) is 9.59 Å². The summed E-state index contributed by atoms with van der Waals surface area (Å²) in [4.78, 5) is 34.8. The van der Waals surface area contributed by atoms with E-state index in [4.69, 9.17) is 28.2 Å². The minimum absolute atomic E-state index is 0.253. The molecule has 0 aromatic carbocycles. The van der Waals surface area contributed by atoms with E-state index in [1.54, 1.807) is 19.1 Å². The molecule has 0 bridgehead atoms. The van der Waals surface area contributed by atoms with Crippen LogP contribution < -0.4 is 15.7 Å². The minimum Gasteiger partial charge on any atom is -0.489 e. The number of carbonyl (C=O) groups is 1. The van der Waals surface area contributed by atoms with E-state index < -0.39 is 17.7 Å². The van der Waals surface area contributed by atoms with Crippen molar-refractivity contribution in [1.82, 2.24) is 5.32 Å². The highest BCUT2D eigenvalue weighted by molar-refractivity contribution is 8.16. The minimum atomic E-state index is -0.586. The lowest BCUT2D eigenvalue weighted by atomic mass is 10.1. The molecule has 12 heteroatoms. The average molecular weight is 554 g/mol. The average Bonchev–Trinajstić information content (AvgIpc) is 3.41. The van der Waals surface area contributed by atoms with Gasteiger partial charge in [-0.3, -0.25) is 9.79 Å². The van der Waals surface area contributed by atoms with E-state index in [1.807, 2.05) is 13.8 Å². The highest BCUT2D eigenvalue weighted by atomic mass is 32.2. The van der Waals surface area contributed by atoms with Gasteiger partial charge in [0.1, 0.15) is 41.5 Å². The number of amides is 1. The summed E-state index contributed by atoms with van der Waals surface area (Å²) in [5.41, 5.74) is 0.0458. The van der Waals surface area contributed by atoms with Crippen LogP contribution in [0.1, 0.15) is 45.4 Å². The molecule has 0 saturated heterocycles. The number of hydrogen-bond acceptors (Lipinski definition) is 11. The van der Waals surface area contributed by atoms with Crippen molar-refractivity contribution in [1.29, 1.82) is 0 Å². The zero-order valence-electron chi connectivity index (χ0n) is 22.4. The van der Waals surface area contributed by atoms with Crippen molar-refractivity contribution in [2.75, 3.05) is 58.6 Å². The Labute approximate surface area is 228 Å². The van der Waals surface area contributed by atoms with E-state index in [0.29, 0.717) is 74.1 Å². The quantitative estimate of drug-likeness (QED) is 0.112. The van der Waals surface area contributed by atoms with Crippen LogP contribution in [-0.2, 0) is 23.8 Å². The van der Waals surface area contributed by atoms with Crippen LogP contribution in [-0.4, -0.2) is 81.3 Å². The summed E-state index contributed by atoms with van der Waals surface area (Å²) in [6, 6.07) is 1.82. The van der Waals surface area contributed by atoms with Crippen LogP contribution in [0.25, 0.3) is 0 Å². The molecule has 0 fully saturated rings. The lowest BCUT2D eigenvalue weighted by molar-refractivity contribution is -0.122. The van der Waals surface area contributed by atoms with Crippen molar-refractivity contribution in [2.45, 2.75) is 45.7 Å². The number of nitrogens with zero attached hydrogens (tertiary/aromatic N) is 2. The van der Waals surface area contributed by atoms with Gasteiger partial charge >= 0.3 is 5.63 Å². The van der Waals surface area contributed by atoms with Crippen LogP contribution in [0.4, 0.5) is 0 Å². The predicted octanol–water partition coefficient (Wildman–Crippen LogP) is 3.14. The van der Waals surface area contributed by atoms with E-state index in [-0.39, 0.29) is 19.1 Å². The fourth-order valence-electron chi connectivity index (χ4n) is 3.29. The molecule has 38 heavy (non-hydrogen) atoms. The van der Waals surface area contributed by atoms with Gasteiger partial charge in [0.2, 0.25) is 5.91 Å². The van der Waals surface area contributed by atoms with Gasteiger partial charge in [-0.2, -0.15) is 0 Å². The Hall–Kier alpha value is -2.67. The van der Waals surface area contributed by atoms with Gasteiger partial charge in [-0.05, 0) is 20.3 Å². The van der Waals surface area contributed by atoms with Crippen molar-refractivity contribution in [3.63, 3.8) is 0 Å². The van der Waals surface area contributed by atoms with Crippen molar-refractivity contribution in [2.24, 2.45) is 10.1 Å². The molecule has 2 rings (SSSR count). The largest absolute Gasteiger partial charge is 0.489 e. The molecule has 1 aliphatic heterocycles. The van der Waals surface area contributed by atoms with Crippen LogP contribution in [0, 0.1) is 0 Å². The standard InChI is InChI=1S/C26H39N3O8S/c1-5-8-21(23-16-20(35-9-6-2)17-24(30)37-23)27-25(31)22-18-38-26(28-22)19(4)29-36-15-14-34-13-12-33-11-10-32-7-3/h6,16-17,21-22H,2,5,7-15,18H2,1,3-4H3,(H,27,31)/b29-19+/t21-,22?/m1/s1. The number of thioether (sulfide) groups is 1. The second-order valence-corrected chi connectivity index (χ2v) is 9.17. The van der Waals surface area contributed by atoms with E-state index in [1.165, 1.54) is 17.8 Å². The van der Waals surface area contributed by atoms with Gasteiger partial charge in [0, 0.05) is 18.4 Å². The monoisotopic (exact) mass is 553 g/mol. The van der Waals surface area contributed by atoms with Crippen molar-refractivity contribution >= 4 is 28.4 Å². The molecule has 0 aliphatic carbocycles. The van der Waals surface area contributed by atoms with Crippen LogP contribution in [0.2, 0.25) is 0 Å². The molecule has 0 spiro atoms. The zero-order valence-corrected chi connectivity index (χ0v) is 23.3. The maximum absolute atomic E-state index is 13.0. The number of carbonyl (C=O) groups excluding carboxylic acids is 1. The topological polar surface area (TPSA) is 130 Å². The van der Waals surface area contributed by atoms with Crippen molar-refractivity contribution in [3.05, 3.63) is 41.0 Å². The number of hydrogen-bond donors (Lipinski definition) is 1. The summed E-state index contributed by atoms with van der Waals surface area (Å²) >= 11 is 1.44. The van der Waals surface area contributed by atoms with Crippen LogP contribution in [0.5, 0.6) is 5.75 Å². The van der Waals surface area contributed by atoms with E-state index in [2.05, 4.69) is 22.0 Å². The molecule has 0 saturated carbocycles. The molecule has 11 nitrogen and oxygen atoms in total. The molecule has 1 aliphatic rings. The first-order valence-electron chi connectivity index (χ1n) is 12.8. The summed E-state index contributed by atoms with van der Waals surface area (Å²) in [5.74, 6) is 0.932. The summed E-state index contributed by atoms with van der Waals surface area (Å²) in [7, 11) is 0. The van der Waals surface area contributed by atoms with Gasteiger partial charge < -0.3 is 33.5 Å². The zero-order chi connectivity index (χ0) is 27.6. The molecule has 0 radical (unpaired) electrons. The van der Waals surface area contributed by atoms with E-state index in [0.717, 1.165) is 6.42 Å². The van der Waals surface area contributed by atoms with Crippen LogP contribution in [0.3, 0.4) is 0 Å². The highest BCUT2D eigenvalue weighted by Gasteiger charge is 2.29. The fourth-order valence-corrected chi connectivity index (χ4v) is 4.28. The SMILES string of the molecule is C=CCOc1cc([C@@H](CCC)NC(=O)C2CSC(/C(C)=N/OCCOCCOCCOCC)=N2)oc(=O)c1.